The molecular formula is C11H9BrNO2PS. The number of furan rings is 1. The highest BCUT2D eigenvalue weighted by Crippen LogP contribution is 2.70. The van der Waals surface area contributed by atoms with Crippen molar-refractivity contribution in [3.8, 4) is 11.5 Å². The van der Waals surface area contributed by atoms with Gasteiger partial charge in [-0.2, -0.15) is 0 Å². The molecule has 3 nitrogen and oxygen atoms in total. The van der Waals surface area contributed by atoms with E-state index in [1.807, 2.05) is 0 Å². The fraction of sp³-hybridized carbons (Fsp3) is 0.364. The van der Waals surface area contributed by atoms with Crippen molar-refractivity contribution >= 4 is 50.5 Å². The van der Waals surface area contributed by atoms with Crippen molar-refractivity contribution in [3.05, 3.63) is 8.79 Å². The maximum atomic E-state index is 12.0. The Bertz CT molecular complexity index is 706. The minimum Gasteiger partial charge on any atom is -0.449 e. The van der Waals surface area contributed by atoms with Gasteiger partial charge in [-0.25, -0.2) is 4.98 Å². The van der Waals surface area contributed by atoms with Gasteiger partial charge in [-0.3, -0.25) is 0 Å². The van der Waals surface area contributed by atoms with Crippen LogP contribution in [-0.4, -0.2) is 4.98 Å². The zero-order valence-electron chi connectivity index (χ0n) is 9.28. The normalized spacial score (nSPS) is 23.1. The van der Waals surface area contributed by atoms with Crippen LogP contribution >= 0.6 is 34.4 Å². The highest BCUT2D eigenvalue weighted by atomic mass is 79.9. The van der Waals surface area contributed by atoms with E-state index in [1.54, 1.807) is 11.3 Å². The minimum absolute atomic E-state index is 0.576. The summed E-state index contributed by atoms with van der Waals surface area (Å²) in [4.78, 5) is 5.69. The molecule has 0 spiro atoms. The Morgan fingerprint density at radius 1 is 1.47 bits per heavy atom. The van der Waals surface area contributed by atoms with Gasteiger partial charge in [-0.1, -0.05) is 13.8 Å². The molecule has 0 amide bonds. The van der Waals surface area contributed by atoms with E-state index in [4.69, 9.17) is 4.42 Å². The molecular weight excluding hydrogens is 321 g/mol. The van der Waals surface area contributed by atoms with E-state index < -0.39 is 7.14 Å². The number of halogens is 1. The summed E-state index contributed by atoms with van der Waals surface area (Å²) in [5.74, 6) is 1.35. The number of hydrogen-bond donors (Lipinski definition) is 0. The molecule has 0 saturated carbocycles. The third kappa shape index (κ3) is 1.18. The predicted molar refractivity (Wildman–Crippen MR) is 72.6 cm³/mol. The standard InChI is InChI=1S/C11H9BrNO2PS/c1-4(2)3-5-6(13-11(12)17-5)7-8-9-10(15-7)16(8,9)14/h4H,3H2,1-2H3. The summed E-state index contributed by atoms with van der Waals surface area (Å²) >= 11 is 5.06. The Hall–Kier alpha value is -0.380. The quantitative estimate of drug-likeness (QED) is 0.543. The Morgan fingerprint density at radius 2 is 2.18 bits per heavy atom. The molecule has 1 unspecified atom stereocenters. The number of hydrogen-bond acceptors (Lipinski definition) is 4. The van der Waals surface area contributed by atoms with Crippen LogP contribution in [0.3, 0.4) is 0 Å². The maximum absolute atomic E-state index is 12.0. The molecule has 0 radical (unpaired) electrons. The second kappa shape index (κ2) is 2.95. The Kier molecular flexibility index (Phi) is 1.83. The molecule has 3 aliphatic heterocycles. The molecule has 1 atom stereocenters. The summed E-state index contributed by atoms with van der Waals surface area (Å²) in [6.07, 6.45) is 0.980. The molecule has 0 aromatic carbocycles. The van der Waals surface area contributed by atoms with Gasteiger partial charge in [-0.15, -0.1) is 11.3 Å². The third-order valence-corrected chi connectivity index (χ3v) is 7.22. The molecule has 0 aliphatic carbocycles. The van der Waals surface area contributed by atoms with Gasteiger partial charge in [0.25, 0.3) is 0 Å². The van der Waals surface area contributed by atoms with Gasteiger partial charge in [0.05, 0.1) is 10.6 Å². The average Bonchev–Trinajstić information content (AvgIpc) is 2.81. The van der Waals surface area contributed by atoms with Gasteiger partial charge in [0.15, 0.2) is 15.2 Å². The first kappa shape index (κ1) is 10.5. The monoisotopic (exact) mass is 329 g/mol. The molecule has 2 aromatic heterocycles. The van der Waals surface area contributed by atoms with Crippen LogP contribution in [0, 0.1) is 5.92 Å². The topological polar surface area (TPSA) is 43.1 Å². The highest BCUT2D eigenvalue weighted by Gasteiger charge is 2.75. The van der Waals surface area contributed by atoms with Gasteiger partial charge in [0.1, 0.15) is 5.69 Å². The SMILES string of the molecule is CC(C)Cc1sc(Br)nc1-c1oc2c3c1P23=O. The van der Waals surface area contributed by atoms with Gasteiger partial charge in [0.2, 0.25) is 7.14 Å². The van der Waals surface area contributed by atoms with E-state index in [1.165, 1.54) is 4.88 Å². The van der Waals surface area contributed by atoms with E-state index in [0.717, 1.165) is 37.9 Å². The molecule has 2 bridgehead atoms. The minimum atomic E-state index is -2.12. The number of thiazole rings is 1. The van der Waals surface area contributed by atoms with Gasteiger partial charge in [0, 0.05) is 4.88 Å². The summed E-state index contributed by atoms with van der Waals surface area (Å²) in [7, 11) is -2.12. The first-order chi connectivity index (χ1) is 8.03. The van der Waals surface area contributed by atoms with E-state index in [9.17, 15) is 4.57 Å². The van der Waals surface area contributed by atoms with Gasteiger partial charge in [-0.05, 0) is 28.3 Å². The molecule has 0 saturated heterocycles. The van der Waals surface area contributed by atoms with Crippen molar-refractivity contribution in [2.75, 3.05) is 0 Å². The zero-order valence-corrected chi connectivity index (χ0v) is 12.6. The molecule has 0 fully saturated rings. The van der Waals surface area contributed by atoms with Crippen LogP contribution in [0.5, 0.6) is 0 Å². The van der Waals surface area contributed by atoms with Crippen LogP contribution in [0.25, 0.3) is 11.5 Å². The number of fused-ring (bicyclic) bond motifs is 1. The smallest absolute Gasteiger partial charge is 0.214 e. The first-order valence-corrected chi connectivity index (χ1v) is 8.79. The molecule has 0 N–H and O–H groups in total. The lowest BCUT2D eigenvalue weighted by Crippen LogP contribution is -1.98. The van der Waals surface area contributed by atoms with E-state index >= 15 is 0 Å². The van der Waals surface area contributed by atoms with Crippen LogP contribution in [-0.2, 0) is 11.0 Å². The number of aromatic nitrogens is 1. The van der Waals surface area contributed by atoms with E-state index in [2.05, 4.69) is 34.8 Å². The van der Waals surface area contributed by atoms with Gasteiger partial charge < -0.3 is 8.98 Å². The Morgan fingerprint density at radius 3 is 2.71 bits per heavy atom. The molecule has 6 heteroatoms. The molecule has 3 aliphatic rings. The van der Waals surface area contributed by atoms with Crippen molar-refractivity contribution in [2.45, 2.75) is 20.3 Å². The lowest BCUT2D eigenvalue weighted by atomic mass is 10.1. The molecule has 5 rings (SSSR count). The van der Waals surface area contributed by atoms with E-state index in [-0.39, 0.29) is 0 Å². The second-order valence-corrected chi connectivity index (χ2v) is 9.76. The molecule has 5 heterocycles. The largest absolute Gasteiger partial charge is 0.449 e. The van der Waals surface area contributed by atoms with Crippen LogP contribution in [0.2, 0.25) is 0 Å². The predicted octanol–water partition coefficient (Wildman–Crippen LogP) is 2.63. The van der Waals surface area contributed by atoms with Crippen LogP contribution in [0.4, 0.5) is 0 Å². The first-order valence-electron chi connectivity index (χ1n) is 5.47. The van der Waals surface area contributed by atoms with Crippen LogP contribution < -0.4 is 16.1 Å². The zero-order chi connectivity index (χ0) is 11.9. The summed E-state index contributed by atoms with van der Waals surface area (Å²) in [5, 5.41) is 1.97. The lowest BCUT2D eigenvalue weighted by Gasteiger charge is -2.02. The summed E-state index contributed by atoms with van der Waals surface area (Å²) in [5.41, 5.74) is 1.65. The van der Waals surface area contributed by atoms with Crippen molar-refractivity contribution < 1.29 is 8.98 Å². The van der Waals surface area contributed by atoms with Gasteiger partial charge >= 0.3 is 0 Å². The number of rotatable bonds is 3. The van der Waals surface area contributed by atoms with Crippen LogP contribution in [0.15, 0.2) is 8.33 Å². The molecule has 17 heavy (non-hydrogen) atoms. The Balaban J connectivity index is 1.82. The number of nitrogens with zero attached hydrogens (tertiary/aromatic N) is 1. The summed E-state index contributed by atoms with van der Waals surface area (Å²) < 4.78 is 18.4. The fourth-order valence-corrected chi connectivity index (χ4v) is 6.51. The van der Waals surface area contributed by atoms with Crippen LogP contribution in [0.1, 0.15) is 18.7 Å². The fourth-order valence-electron chi connectivity index (χ4n) is 2.27. The van der Waals surface area contributed by atoms with Crippen molar-refractivity contribution in [1.29, 1.82) is 0 Å². The second-order valence-electron chi connectivity index (χ2n) is 4.88. The Labute approximate surface area is 111 Å². The van der Waals surface area contributed by atoms with E-state index in [0.29, 0.717) is 5.92 Å². The lowest BCUT2D eigenvalue weighted by molar-refractivity contribution is 0.590. The molecule has 88 valence electrons. The highest BCUT2D eigenvalue weighted by molar-refractivity contribution is 9.11. The summed E-state index contributed by atoms with van der Waals surface area (Å²) in [6, 6.07) is 0. The van der Waals surface area contributed by atoms with Crippen molar-refractivity contribution in [2.24, 2.45) is 5.92 Å². The average molecular weight is 330 g/mol. The summed E-state index contributed by atoms with van der Waals surface area (Å²) in [6.45, 7) is 4.36. The third-order valence-electron chi connectivity index (χ3n) is 3.14. The van der Waals surface area contributed by atoms with Crippen molar-refractivity contribution in [1.82, 2.24) is 4.98 Å². The molecule has 2 aromatic rings. The maximum Gasteiger partial charge on any atom is 0.214 e. The van der Waals surface area contributed by atoms with Crippen molar-refractivity contribution in [3.63, 3.8) is 0 Å².